The number of hydrogen-bond acceptors (Lipinski definition) is 2. The van der Waals surface area contributed by atoms with Gasteiger partial charge >= 0.3 is 0 Å². The molecule has 2 atom stereocenters. The summed E-state index contributed by atoms with van der Waals surface area (Å²) >= 11 is 2.14. The first kappa shape index (κ1) is 27.6. The van der Waals surface area contributed by atoms with E-state index in [9.17, 15) is 0 Å². The van der Waals surface area contributed by atoms with Crippen LogP contribution in [0.5, 0.6) is 0 Å². The first-order valence-corrected chi connectivity index (χ1v) is 16.8. The van der Waals surface area contributed by atoms with Gasteiger partial charge in [0.2, 0.25) is 0 Å². The fourth-order valence-corrected chi connectivity index (χ4v) is 9.99. The Labute approximate surface area is 257 Å². The van der Waals surface area contributed by atoms with E-state index in [-0.39, 0.29) is 5.41 Å². The molecule has 0 saturated carbocycles. The highest BCUT2D eigenvalue weighted by Gasteiger charge is 2.50. The Hall–Kier alpha value is -3.23. The van der Waals surface area contributed by atoms with Crippen molar-refractivity contribution in [3.05, 3.63) is 111 Å². The van der Waals surface area contributed by atoms with Crippen LogP contribution < -0.4 is 4.90 Å². The highest BCUT2D eigenvalue weighted by Crippen LogP contribution is 2.65. The Kier molecular flexibility index (Phi) is 6.70. The molecule has 3 heterocycles. The van der Waals surface area contributed by atoms with Crippen molar-refractivity contribution in [3.8, 4) is 22.3 Å². The van der Waals surface area contributed by atoms with Crippen LogP contribution in [0.3, 0.4) is 0 Å². The summed E-state index contributed by atoms with van der Waals surface area (Å²) in [7, 11) is 0. The van der Waals surface area contributed by atoms with Gasteiger partial charge in [0.25, 0.3) is 0 Å². The third-order valence-electron chi connectivity index (χ3n) is 10.4. The van der Waals surface area contributed by atoms with E-state index in [4.69, 9.17) is 0 Å². The molecule has 214 valence electrons. The van der Waals surface area contributed by atoms with Gasteiger partial charge in [0, 0.05) is 16.0 Å². The summed E-state index contributed by atoms with van der Waals surface area (Å²) in [6.07, 6.45) is 6.20. The molecule has 0 fully saturated rings. The van der Waals surface area contributed by atoms with E-state index >= 15 is 0 Å². The summed E-state index contributed by atoms with van der Waals surface area (Å²) in [6, 6.07) is 25.8. The van der Waals surface area contributed by atoms with Gasteiger partial charge < -0.3 is 4.90 Å². The Balaban J connectivity index is 1.57. The van der Waals surface area contributed by atoms with Crippen LogP contribution in [-0.4, -0.2) is 5.37 Å². The minimum absolute atomic E-state index is 0.212. The number of rotatable bonds is 6. The van der Waals surface area contributed by atoms with Crippen molar-refractivity contribution in [2.45, 2.75) is 91.4 Å². The van der Waals surface area contributed by atoms with Crippen LogP contribution in [0.2, 0.25) is 0 Å². The van der Waals surface area contributed by atoms with Crippen molar-refractivity contribution >= 4 is 28.1 Å². The molecule has 3 aliphatic heterocycles. The van der Waals surface area contributed by atoms with E-state index in [2.05, 4.69) is 132 Å². The fourth-order valence-electron chi connectivity index (χ4n) is 8.24. The van der Waals surface area contributed by atoms with Crippen molar-refractivity contribution in [1.82, 2.24) is 0 Å². The first-order valence-electron chi connectivity index (χ1n) is 15.9. The average molecular weight is 570 g/mol. The van der Waals surface area contributed by atoms with E-state index in [1.165, 1.54) is 110 Å². The minimum atomic E-state index is 0.212. The first-order chi connectivity index (χ1) is 20.3. The summed E-state index contributed by atoms with van der Waals surface area (Å²) < 4.78 is 0. The summed E-state index contributed by atoms with van der Waals surface area (Å²) in [5.74, 6) is 0. The Morgan fingerprint density at radius 2 is 1.43 bits per heavy atom. The van der Waals surface area contributed by atoms with Gasteiger partial charge in [-0.15, -0.1) is 0 Å². The van der Waals surface area contributed by atoms with Gasteiger partial charge in [0.15, 0.2) is 0 Å². The van der Waals surface area contributed by atoms with Crippen LogP contribution in [0.15, 0.2) is 66.7 Å². The molecular weight excluding hydrogens is 527 g/mol. The highest BCUT2D eigenvalue weighted by molar-refractivity contribution is 8.09. The number of hydrogen-bond donors (Lipinski definition) is 0. The Bertz CT molecular complexity index is 1730. The van der Waals surface area contributed by atoms with Crippen molar-refractivity contribution in [3.63, 3.8) is 0 Å². The monoisotopic (exact) mass is 569 g/mol. The van der Waals surface area contributed by atoms with E-state index < -0.39 is 0 Å². The van der Waals surface area contributed by atoms with Crippen molar-refractivity contribution in [1.29, 1.82) is 0 Å². The van der Waals surface area contributed by atoms with E-state index in [1.807, 2.05) is 0 Å². The zero-order valence-corrected chi connectivity index (χ0v) is 27.1. The third kappa shape index (κ3) is 3.98. The number of anilines is 1. The molecule has 1 nitrogen and oxygen atoms in total. The van der Waals surface area contributed by atoms with Gasteiger partial charge in [-0.1, -0.05) is 98.6 Å². The maximum absolute atomic E-state index is 2.77. The molecule has 0 bridgehead atoms. The van der Waals surface area contributed by atoms with Crippen LogP contribution >= 0.6 is 11.8 Å². The zero-order chi connectivity index (χ0) is 29.3. The highest BCUT2D eigenvalue weighted by atomic mass is 32.2. The molecule has 7 rings (SSSR count). The summed E-state index contributed by atoms with van der Waals surface area (Å²) in [4.78, 5) is 4.24. The van der Waals surface area contributed by atoms with Crippen LogP contribution in [0.25, 0.3) is 32.9 Å². The largest absolute Gasteiger partial charge is 0.326 e. The summed E-state index contributed by atoms with van der Waals surface area (Å²) in [5, 5.41) is 0.422. The van der Waals surface area contributed by atoms with Crippen LogP contribution in [-0.2, 0) is 5.41 Å². The number of benzene rings is 4. The van der Waals surface area contributed by atoms with Gasteiger partial charge in [-0.3, -0.25) is 0 Å². The normalized spacial score (nSPS) is 20.2. The molecule has 4 aromatic rings. The van der Waals surface area contributed by atoms with E-state index in [1.54, 1.807) is 5.56 Å². The smallest absolute Gasteiger partial charge is 0.0856 e. The quantitative estimate of drug-likeness (QED) is 0.227. The second-order valence-electron chi connectivity index (χ2n) is 13.1. The second kappa shape index (κ2) is 10.2. The SMILES string of the molecule is CCCCC1(CC)CC2SC(c3c(C)cccc3C)=C3c4ccc(-c5c(C)cccc5C)cc4-c4cc(C)cc1c4N32. The van der Waals surface area contributed by atoms with Crippen LogP contribution in [0.1, 0.15) is 90.5 Å². The van der Waals surface area contributed by atoms with E-state index in [0.29, 0.717) is 5.37 Å². The summed E-state index contributed by atoms with van der Waals surface area (Å²) in [5.41, 5.74) is 19.9. The average Bonchev–Trinajstić information content (AvgIpc) is 3.34. The lowest BCUT2D eigenvalue weighted by atomic mass is 9.66. The maximum atomic E-state index is 2.77. The topological polar surface area (TPSA) is 3.24 Å². The van der Waals surface area contributed by atoms with Gasteiger partial charge in [0.1, 0.15) is 0 Å². The Morgan fingerprint density at radius 1 is 0.762 bits per heavy atom. The number of thioether (sulfide) groups is 1. The molecule has 4 aromatic carbocycles. The molecule has 2 unspecified atom stereocenters. The predicted molar refractivity (Wildman–Crippen MR) is 184 cm³/mol. The van der Waals surface area contributed by atoms with Gasteiger partial charge in [-0.05, 0) is 121 Å². The van der Waals surface area contributed by atoms with E-state index in [0.717, 1.165) is 0 Å². The molecule has 42 heavy (non-hydrogen) atoms. The predicted octanol–water partition coefficient (Wildman–Crippen LogP) is 11.5. The molecule has 0 N–H and O–H groups in total. The summed E-state index contributed by atoms with van der Waals surface area (Å²) in [6.45, 7) is 16.2. The maximum Gasteiger partial charge on any atom is 0.0856 e. The number of unbranched alkanes of at least 4 members (excludes halogenated alkanes) is 1. The third-order valence-corrected chi connectivity index (χ3v) is 11.6. The number of aryl methyl sites for hydroxylation is 5. The number of fused-ring (bicyclic) bond motifs is 3. The van der Waals surface area contributed by atoms with Crippen molar-refractivity contribution in [2.75, 3.05) is 4.90 Å². The van der Waals surface area contributed by atoms with Crippen LogP contribution in [0, 0.1) is 34.6 Å². The molecule has 2 heteroatoms. The second-order valence-corrected chi connectivity index (χ2v) is 14.3. The van der Waals surface area contributed by atoms with Gasteiger partial charge in [-0.2, -0.15) is 0 Å². The number of nitrogens with zero attached hydrogens (tertiary/aromatic N) is 1. The molecule has 0 spiro atoms. The van der Waals surface area contributed by atoms with Crippen molar-refractivity contribution < 1.29 is 0 Å². The molecule has 0 radical (unpaired) electrons. The lowest BCUT2D eigenvalue weighted by molar-refractivity contribution is 0.327. The lowest BCUT2D eigenvalue weighted by Gasteiger charge is -2.49. The van der Waals surface area contributed by atoms with Crippen molar-refractivity contribution in [2.24, 2.45) is 0 Å². The molecule has 0 aromatic heterocycles. The molecule has 3 aliphatic rings. The van der Waals surface area contributed by atoms with Gasteiger partial charge in [-0.25, -0.2) is 0 Å². The lowest BCUT2D eigenvalue weighted by Crippen LogP contribution is -2.44. The minimum Gasteiger partial charge on any atom is -0.326 e. The Morgan fingerprint density at radius 3 is 2.07 bits per heavy atom. The molecule has 0 aliphatic carbocycles. The fraction of sp³-hybridized carbons (Fsp3) is 0.350. The molecule has 0 amide bonds. The van der Waals surface area contributed by atoms with Crippen LogP contribution in [0.4, 0.5) is 5.69 Å². The molecular formula is C40H43NS. The van der Waals surface area contributed by atoms with Gasteiger partial charge in [0.05, 0.1) is 16.8 Å². The molecule has 0 saturated heterocycles. The zero-order valence-electron chi connectivity index (χ0n) is 26.3. The standard InChI is InChI=1S/C40H43NS/c1-8-10-19-40(9-2)23-34-41-37-32(20-24(3)21-33(37)40)31-22-29(35-25(4)13-11-14-26(35)5)17-18-30(31)38(41)39(42-34)36-27(6)15-12-16-28(36)7/h11-18,20-22,34H,8-10,19,23H2,1-7H3.